The average Bonchev–Trinajstić information content (AvgIpc) is 3.26. The minimum atomic E-state index is -0.585. The van der Waals surface area contributed by atoms with Crippen molar-refractivity contribution in [3.05, 3.63) is 64.7 Å². The smallest absolute Gasteiger partial charge is 0.256 e. The maximum Gasteiger partial charge on any atom is 0.256 e. The summed E-state index contributed by atoms with van der Waals surface area (Å²) >= 11 is 0. The van der Waals surface area contributed by atoms with Gasteiger partial charge in [-0.3, -0.25) is 14.6 Å². The number of aliphatic hydroxyl groups is 1. The maximum absolute atomic E-state index is 13.1. The van der Waals surface area contributed by atoms with Crippen LogP contribution in [0.2, 0.25) is 0 Å². The molecule has 0 saturated heterocycles. The van der Waals surface area contributed by atoms with Crippen LogP contribution in [0.25, 0.3) is 0 Å². The molecular formula is C26H39Cl2N5O3. The Balaban J connectivity index is 0.00000324. The lowest BCUT2D eigenvalue weighted by Gasteiger charge is -2.31. The minimum absolute atomic E-state index is 0. The molecule has 2 aromatic carbocycles. The Morgan fingerprint density at radius 1 is 1.08 bits per heavy atom. The van der Waals surface area contributed by atoms with E-state index in [1.54, 1.807) is 23.9 Å². The summed E-state index contributed by atoms with van der Waals surface area (Å²) in [6.07, 6.45) is -0.585. The van der Waals surface area contributed by atoms with E-state index in [9.17, 15) is 14.7 Å². The number of hydrogen-bond donors (Lipinski definition) is 3. The van der Waals surface area contributed by atoms with E-state index < -0.39 is 6.10 Å². The molecule has 0 saturated carbocycles. The molecule has 1 aliphatic rings. The van der Waals surface area contributed by atoms with E-state index in [1.807, 2.05) is 49.2 Å². The Labute approximate surface area is 226 Å². The summed E-state index contributed by atoms with van der Waals surface area (Å²) in [6, 6.07) is 13.8. The lowest BCUT2D eigenvalue weighted by molar-refractivity contribution is -0.151. The molecule has 0 spiro atoms. The molecule has 0 bridgehead atoms. The van der Waals surface area contributed by atoms with E-state index in [0.717, 1.165) is 23.4 Å². The normalized spacial score (nSPS) is 13.1. The van der Waals surface area contributed by atoms with E-state index >= 15 is 0 Å². The molecule has 10 heteroatoms. The molecule has 1 atom stereocenters. The average molecular weight is 541 g/mol. The molecule has 0 aromatic heterocycles. The van der Waals surface area contributed by atoms with Gasteiger partial charge in [0.05, 0.1) is 12.6 Å². The molecule has 8 nitrogen and oxygen atoms in total. The summed E-state index contributed by atoms with van der Waals surface area (Å²) in [6.45, 7) is 8.99. The molecule has 36 heavy (non-hydrogen) atoms. The number of nitrogens with one attached hydrogen (secondary N) is 2. The Morgan fingerprint density at radius 3 is 2.31 bits per heavy atom. The van der Waals surface area contributed by atoms with Crippen molar-refractivity contribution in [2.75, 3.05) is 45.1 Å². The molecule has 1 unspecified atom stereocenters. The first-order valence-corrected chi connectivity index (χ1v) is 11.9. The van der Waals surface area contributed by atoms with Crippen LogP contribution in [-0.4, -0.2) is 71.6 Å². The summed E-state index contributed by atoms with van der Waals surface area (Å²) < 4.78 is 0. The number of hydrazine groups is 1. The molecule has 1 heterocycles. The quantitative estimate of drug-likeness (QED) is 0.380. The monoisotopic (exact) mass is 539 g/mol. The zero-order chi connectivity index (χ0) is 24.7. The number of aryl methyl sites for hydroxylation is 1. The van der Waals surface area contributed by atoms with Crippen LogP contribution in [0.1, 0.15) is 42.2 Å². The maximum atomic E-state index is 13.1. The van der Waals surface area contributed by atoms with Gasteiger partial charge in [0.1, 0.15) is 6.54 Å². The van der Waals surface area contributed by atoms with E-state index in [0.29, 0.717) is 26.2 Å². The predicted molar refractivity (Wildman–Crippen MR) is 148 cm³/mol. The number of likely N-dealkylation sites (N-methyl/N-ethyl adjacent to an activating group) is 2. The number of carbonyl (C=O) groups is 2. The van der Waals surface area contributed by atoms with Crippen molar-refractivity contribution in [1.29, 1.82) is 0 Å². The summed E-state index contributed by atoms with van der Waals surface area (Å²) in [5.74, 6) is -0.267. The van der Waals surface area contributed by atoms with Crippen molar-refractivity contribution in [3.8, 4) is 0 Å². The number of amides is 2. The largest absolute Gasteiger partial charge is 0.389 e. The van der Waals surface area contributed by atoms with Gasteiger partial charge in [-0.15, -0.1) is 24.8 Å². The van der Waals surface area contributed by atoms with Crippen LogP contribution >= 0.6 is 24.8 Å². The van der Waals surface area contributed by atoms with Crippen LogP contribution in [0, 0.1) is 6.92 Å². The number of rotatable bonds is 11. The van der Waals surface area contributed by atoms with Gasteiger partial charge >= 0.3 is 0 Å². The van der Waals surface area contributed by atoms with Gasteiger partial charge < -0.3 is 20.6 Å². The molecule has 0 aliphatic carbocycles. The van der Waals surface area contributed by atoms with Crippen LogP contribution in [0.15, 0.2) is 42.5 Å². The van der Waals surface area contributed by atoms with Gasteiger partial charge in [0.25, 0.3) is 5.91 Å². The second kappa shape index (κ2) is 15.0. The first-order valence-electron chi connectivity index (χ1n) is 11.9. The minimum Gasteiger partial charge on any atom is -0.389 e. The molecule has 3 N–H and O–H groups in total. The number of nitrogens with zero attached hydrogens (tertiary/aromatic N) is 3. The van der Waals surface area contributed by atoms with Crippen molar-refractivity contribution < 1.29 is 14.7 Å². The van der Waals surface area contributed by atoms with Gasteiger partial charge in [-0.05, 0) is 48.7 Å². The number of carbonyl (C=O) groups excluding carboxylic acids is 2. The highest BCUT2D eigenvalue weighted by Crippen LogP contribution is 2.23. The second-order valence-electron chi connectivity index (χ2n) is 8.78. The molecule has 2 aromatic rings. The van der Waals surface area contributed by atoms with Crippen LogP contribution < -0.4 is 10.6 Å². The third-order valence-electron chi connectivity index (χ3n) is 6.27. The van der Waals surface area contributed by atoms with Gasteiger partial charge in [0.15, 0.2) is 0 Å². The second-order valence-corrected chi connectivity index (χ2v) is 8.78. The molecule has 0 radical (unpaired) electrons. The van der Waals surface area contributed by atoms with Crippen molar-refractivity contribution >= 4 is 42.3 Å². The van der Waals surface area contributed by atoms with E-state index in [1.165, 1.54) is 11.1 Å². The number of anilines is 1. The zero-order valence-electron chi connectivity index (χ0n) is 21.5. The van der Waals surface area contributed by atoms with E-state index in [4.69, 9.17) is 0 Å². The Bertz CT molecular complexity index is 980. The summed E-state index contributed by atoms with van der Waals surface area (Å²) in [4.78, 5) is 27.8. The van der Waals surface area contributed by atoms with Gasteiger partial charge in [-0.2, -0.15) is 0 Å². The van der Waals surface area contributed by atoms with Crippen molar-refractivity contribution in [2.45, 2.75) is 40.0 Å². The highest BCUT2D eigenvalue weighted by atomic mass is 35.5. The van der Waals surface area contributed by atoms with Crippen LogP contribution in [0.4, 0.5) is 5.69 Å². The molecule has 3 rings (SSSR count). The topological polar surface area (TPSA) is 88.2 Å². The SMILES string of the molecule is CCNCCN(CC(=O)N(C)N1Cc2ccccc2C1)C(=O)CNc1cc(C(C)O)ccc1C.Cl.Cl. The Hall–Kier alpha value is -2.36. The number of halogens is 2. The van der Waals surface area contributed by atoms with Crippen LogP contribution in [0.5, 0.6) is 0 Å². The first kappa shape index (κ1) is 31.7. The Kier molecular flexibility index (Phi) is 13.2. The van der Waals surface area contributed by atoms with Crippen LogP contribution in [0.3, 0.4) is 0 Å². The molecule has 1 aliphatic heterocycles. The van der Waals surface area contributed by atoms with Crippen molar-refractivity contribution in [2.24, 2.45) is 0 Å². The fourth-order valence-corrected chi connectivity index (χ4v) is 4.01. The van der Waals surface area contributed by atoms with Gasteiger partial charge in [-0.25, -0.2) is 5.01 Å². The van der Waals surface area contributed by atoms with Crippen molar-refractivity contribution in [3.63, 3.8) is 0 Å². The fraction of sp³-hybridized carbons (Fsp3) is 0.462. The summed E-state index contributed by atoms with van der Waals surface area (Å²) in [5.41, 5.74) is 5.02. The van der Waals surface area contributed by atoms with Gasteiger partial charge in [-0.1, -0.05) is 43.3 Å². The fourth-order valence-electron chi connectivity index (χ4n) is 4.01. The number of fused-ring (bicyclic) bond motifs is 1. The predicted octanol–water partition coefficient (Wildman–Crippen LogP) is 3.13. The Morgan fingerprint density at radius 2 is 1.72 bits per heavy atom. The van der Waals surface area contributed by atoms with E-state index in [2.05, 4.69) is 22.8 Å². The van der Waals surface area contributed by atoms with Gasteiger partial charge in [0.2, 0.25) is 5.91 Å². The number of hydrogen-bond acceptors (Lipinski definition) is 6. The van der Waals surface area contributed by atoms with Crippen LogP contribution in [-0.2, 0) is 22.7 Å². The van der Waals surface area contributed by atoms with E-state index in [-0.39, 0.29) is 49.7 Å². The molecule has 2 amide bonds. The lowest BCUT2D eigenvalue weighted by atomic mass is 10.1. The highest BCUT2D eigenvalue weighted by molar-refractivity contribution is 5.87. The summed E-state index contributed by atoms with van der Waals surface area (Å²) in [7, 11) is 1.77. The zero-order valence-corrected chi connectivity index (χ0v) is 23.1. The standard InChI is InChI=1S/C26H37N5O3.2ClH/c1-5-27-12-13-30(25(33)15-28-24-14-21(20(3)32)11-10-19(24)2)18-26(34)29(4)31-16-22-8-6-7-9-23(22)17-31;;/h6-11,14,20,27-28,32H,5,12-13,15-18H2,1-4H3;2*1H. The molecular weight excluding hydrogens is 501 g/mol. The highest BCUT2D eigenvalue weighted by Gasteiger charge is 2.27. The third kappa shape index (κ3) is 8.35. The molecule has 0 fully saturated rings. The van der Waals surface area contributed by atoms with Crippen molar-refractivity contribution in [1.82, 2.24) is 20.2 Å². The first-order chi connectivity index (χ1) is 16.3. The number of benzene rings is 2. The van der Waals surface area contributed by atoms with Gasteiger partial charge in [0, 0.05) is 38.9 Å². The third-order valence-corrected chi connectivity index (χ3v) is 6.27. The number of aliphatic hydroxyl groups excluding tert-OH is 1. The molecule has 200 valence electrons. The lowest BCUT2D eigenvalue weighted by Crippen LogP contribution is -2.49. The summed E-state index contributed by atoms with van der Waals surface area (Å²) in [5, 5.41) is 19.9.